The maximum absolute atomic E-state index is 14.2. The molecule has 0 spiro atoms. The Labute approximate surface area is 312 Å². The normalized spacial score (nSPS) is 29.9. The lowest BCUT2D eigenvalue weighted by Gasteiger charge is -2.38. The number of carbonyl (C=O) groups excluding carboxylic acids is 3. The molecule has 3 heterocycles. The van der Waals surface area contributed by atoms with Crippen molar-refractivity contribution in [3.63, 3.8) is 0 Å². The van der Waals surface area contributed by atoms with Gasteiger partial charge in [0.1, 0.15) is 23.4 Å². The number of phenolic OH excluding ortho intramolecular Hbond substituents is 2. The Morgan fingerprint density at radius 2 is 1.63 bits per heavy atom. The van der Waals surface area contributed by atoms with Gasteiger partial charge in [0.15, 0.2) is 12.4 Å². The van der Waals surface area contributed by atoms with Crippen molar-refractivity contribution in [1.82, 2.24) is 0 Å². The largest absolute Gasteiger partial charge is 0.507 e. The predicted molar refractivity (Wildman–Crippen MR) is 195 cm³/mol. The van der Waals surface area contributed by atoms with Gasteiger partial charge < -0.3 is 54.5 Å². The summed E-state index contributed by atoms with van der Waals surface area (Å²) < 4.78 is 28.9. The minimum absolute atomic E-state index is 0.0301. The van der Waals surface area contributed by atoms with Crippen LogP contribution in [0.5, 0.6) is 23.0 Å². The molecule has 294 valence electrons. The first-order valence-corrected chi connectivity index (χ1v) is 17.5. The van der Waals surface area contributed by atoms with Gasteiger partial charge in [-0.05, 0) is 19.9 Å². The van der Waals surface area contributed by atoms with Crippen molar-refractivity contribution in [2.75, 3.05) is 19.0 Å². The molecule has 0 aliphatic carbocycles. The fourth-order valence-corrected chi connectivity index (χ4v) is 6.89. The summed E-state index contributed by atoms with van der Waals surface area (Å²) in [6.45, 7) is 11.4. The minimum atomic E-state index is -2.05. The second kappa shape index (κ2) is 16.5. The van der Waals surface area contributed by atoms with E-state index < -0.39 is 95.6 Å². The number of fused-ring (bicyclic) bond motifs is 14. The third kappa shape index (κ3) is 8.17. The van der Waals surface area contributed by atoms with Gasteiger partial charge in [-0.2, -0.15) is 0 Å². The monoisotopic (exact) mass is 755 g/mol. The van der Waals surface area contributed by atoms with Crippen molar-refractivity contribution in [3.05, 3.63) is 53.3 Å². The summed E-state index contributed by atoms with van der Waals surface area (Å²) in [5.41, 5.74) is -0.251. The lowest BCUT2D eigenvalue weighted by Crippen LogP contribution is -2.46. The van der Waals surface area contributed by atoms with Gasteiger partial charge in [-0.3, -0.25) is 14.4 Å². The molecule has 15 nitrogen and oxygen atoms in total. The predicted octanol–water partition coefficient (Wildman–Crippen LogP) is 4.51. The summed E-state index contributed by atoms with van der Waals surface area (Å²) >= 11 is 0. The Morgan fingerprint density at radius 1 is 0.963 bits per heavy atom. The first-order chi connectivity index (χ1) is 25.2. The van der Waals surface area contributed by atoms with Crippen LogP contribution in [0.2, 0.25) is 0 Å². The number of allylic oxidation sites excluding steroid dienone is 2. The van der Waals surface area contributed by atoms with Crippen LogP contribution in [0.25, 0.3) is 10.8 Å². The zero-order valence-electron chi connectivity index (χ0n) is 31.7. The van der Waals surface area contributed by atoms with Crippen LogP contribution in [0.15, 0.2) is 42.2 Å². The molecule has 2 aromatic carbocycles. The lowest BCUT2D eigenvalue weighted by atomic mass is 9.78. The first kappa shape index (κ1) is 41.6. The number of hydrogen-bond acceptors (Lipinski definition) is 13. The molecule has 6 N–H and O–H groups in total. The zero-order chi connectivity index (χ0) is 40.4. The number of aliphatic hydroxyl groups excluding tert-OH is 2. The molecule has 0 aromatic heterocycles. The summed E-state index contributed by atoms with van der Waals surface area (Å²) in [5.74, 6) is -9.54. The Morgan fingerprint density at radius 3 is 2.24 bits per heavy atom. The van der Waals surface area contributed by atoms with Crippen LogP contribution < -0.4 is 14.8 Å². The molecule has 2 aromatic rings. The van der Waals surface area contributed by atoms with E-state index in [1.54, 1.807) is 39.8 Å². The highest BCUT2D eigenvalue weighted by Crippen LogP contribution is 2.54. The van der Waals surface area contributed by atoms with Gasteiger partial charge in [0.2, 0.25) is 0 Å². The number of benzene rings is 2. The second-order valence-corrected chi connectivity index (χ2v) is 14.1. The number of hydrogen-bond donors (Lipinski definition) is 6. The first-order valence-electron chi connectivity index (χ1n) is 17.5. The fourth-order valence-electron chi connectivity index (χ4n) is 6.89. The highest BCUT2D eigenvalue weighted by atomic mass is 16.7. The molecule has 0 radical (unpaired) electrons. The molecule has 0 fully saturated rings. The summed E-state index contributed by atoms with van der Waals surface area (Å²) in [6.07, 6.45) is 3.37. The Bertz CT molecular complexity index is 1900. The topological polar surface area (TPSA) is 228 Å². The van der Waals surface area contributed by atoms with Crippen molar-refractivity contribution in [2.24, 2.45) is 23.7 Å². The van der Waals surface area contributed by atoms with E-state index >= 15 is 0 Å². The molecule has 1 amide bonds. The van der Waals surface area contributed by atoms with Gasteiger partial charge in [-0.25, -0.2) is 4.79 Å². The van der Waals surface area contributed by atoms with E-state index in [-0.39, 0.29) is 44.7 Å². The van der Waals surface area contributed by atoms with E-state index in [9.17, 15) is 44.7 Å². The van der Waals surface area contributed by atoms with Crippen molar-refractivity contribution in [1.29, 1.82) is 0 Å². The number of nitrogens with one attached hydrogen (secondary N) is 1. The van der Waals surface area contributed by atoms with Crippen LogP contribution in [0, 0.1) is 30.6 Å². The maximum Gasteiger partial charge on any atom is 0.341 e. The van der Waals surface area contributed by atoms with Crippen LogP contribution in [0.3, 0.4) is 0 Å². The number of carboxylic acids is 1. The molecule has 3 aliphatic rings. The molecule has 15 heteroatoms. The third-order valence-corrected chi connectivity index (χ3v) is 10.2. The number of phenols is 2. The van der Waals surface area contributed by atoms with Gasteiger partial charge in [0, 0.05) is 67.2 Å². The molecule has 3 aliphatic heterocycles. The highest BCUT2D eigenvalue weighted by Gasteiger charge is 2.49. The minimum Gasteiger partial charge on any atom is -0.507 e. The number of carbonyl (C=O) groups is 4. The smallest absolute Gasteiger partial charge is 0.341 e. The molecule has 0 saturated carbocycles. The number of anilines is 1. The molecular weight excluding hydrogens is 706 g/mol. The van der Waals surface area contributed by atoms with Crippen molar-refractivity contribution < 1.29 is 68.4 Å². The lowest BCUT2D eigenvalue weighted by molar-refractivity contribution is -0.160. The number of methoxy groups -OCH3 is 1. The van der Waals surface area contributed by atoms with Gasteiger partial charge in [0.25, 0.3) is 11.7 Å². The molecule has 5 bridgehead atoms. The standard InChI is InChI=1S/C39H49NO14/c1-17-11-10-12-18(2)38(49)40-24-15-26(51-16-27(42)43)28-29(34(24)47)33(46)22(6)36-30(28)37(48)39(8,54-36)52-14-13-25(50-9)19(3)35(53-23(7)41)21(5)32(45)20(4)31(17)44/h10-15,17,19-21,25,31-32,35,44-47H,16H2,1-9H3,(H,40,49)(H,42,43)/b11-10?,14-13+,18-12?/t17-,19+,20+,21+,25-,31-,32+,35+,39-/m0/s1. The van der Waals surface area contributed by atoms with Crippen LogP contribution in [-0.2, 0) is 28.6 Å². The van der Waals surface area contributed by atoms with Crippen LogP contribution in [0.1, 0.15) is 64.4 Å². The molecular formula is C39H49NO14. The number of Topliss-reactive ketones (excluding diaryl/α,β-unsaturated/α-hetero) is 1. The molecule has 5 rings (SSSR count). The Kier molecular flexibility index (Phi) is 12.7. The average molecular weight is 756 g/mol. The summed E-state index contributed by atoms with van der Waals surface area (Å²) in [4.78, 5) is 51.3. The second-order valence-electron chi connectivity index (χ2n) is 14.1. The van der Waals surface area contributed by atoms with E-state index in [0.717, 1.165) is 6.07 Å². The van der Waals surface area contributed by atoms with Gasteiger partial charge in [-0.1, -0.05) is 45.9 Å². The van der Waals surface area contributed by atoms with Crippen LogP contribution in [-0.4, -0.2) is 93.1 Å². The van der Waals surface area contributed by atoms with Gasteiger partial charge in [0.05, 0.1) is 41.2 Å². The summed E-state index contributed by atoms with van der Waals surface area (Å²) in [7, 11) is 1.41. The maximum atomic E-state index is 14.2. The van der Waals surface area contributed by atoms with Gasteiger partial charge >= 0.3 is 17.7 Å². The number of aliphatic hydroxyl groups is 2. The van der Waals surface area contributed by atoms with Crippen molar-refractivity contribution >= 4 is 40.1 Å². The zero-order valence-corrected chi connectivity index (χ0v) is 31.7. The summed E-state index contributed by atoms with van der Waals surface area (Å²) in [5, 5.41) is 57.0. The third-order valence-electron chi connectivity index (χ3n) is 10.2. The molecule has 9 atom stereocenters. The van der Waals surface area contributed by atoms with Crippen LogP contribution >= 0.6 is 0 Å². The van der Waals surface area contributed by atoms with E-state index in [2.05, 4.69) is 5.32 Å². The summed E-state index contributed by atoms with van der Waals surface area (Å²) in [6, 6.07) is 1.13. The van der Waals surface area contributed by atoms with Crippen molar-refractivity contribution in [3.8, 4) is 23.0 Å². The van der Waals surface area contributed by atoms with Gasteiger partial charge in [-0.15, -0.1) is 0 Å². The SMILES string of the molecule is CO[C@H]1/C=C/O[C@@]2(C)Oc3c(C)c(O)c4c(O)c(cc(OCC(=O)O)c4c3C2=O)NC(=O)C(C)=CC=C[C@H](C)[C@H](O)[C@@H](C)[C@@H](O)[C@@H](C)[C@H](OC(C)=O)[C@@H]1C. The van der Waals surface area contributed by atoms with E-state index in [1.165, 1.54) is 53.2 Å². The number of amides is 1. The van der Waals surface area contributed by atoms with E-state index in [1.807, 2.05) is 0 Å². The van der Waals surface area contributed by atoms with E-state index in [4.69, 9.17) is 23.7 Å². The number of aromatic hydroxyl groups is 2. The van der Waals surface area contributed by atoms with Crippen molar-refractivity contribution in [2.45, 2.75) is 85.6 Å². The molecule has 0 unspecified atom stereocenters. The highest BCUT2D eigenvalue weighted by molar-refractivity contribution is 6.21. The Hall–Kier alpha value is -5.12. The Balaban J connectivity index is 1.93. The van der Waals surface area contributed by atoms with Crippen LogP contribution in [0.4, 0.5) is 5.69 Å². The van der Waals surface area contributed by atoms with E-state index in [0.29, 0.717) is 0 Å². The fraction of sp³-hybridized carbons (Fsp3) is 0.487. The number of ketones is 1. The average Bonchev–Trinajstić information content (AvgIpc) is 3.38. The molecule has 0 saturated heterocycles. The number of esters is 1. The number of rotatable bonds is 5. The molecule has 54 heavy (non-hydrogen) atoms. The number of carboxylic acid groups (broad SMARTS) is 1. The number of aliphatic carboxylic acids is 1. The quantitative estimate of drug-likeness (QED) is 0.182. The number of ether oxygens (including phenoxy) is 5.